The zero-order valence-electron chi connectivity index (χ0n) is 18.1. The molecule has 0 radical (unpaired) electrons. The number of carbonyl (C=O) groups is 2. The molecule has 1 heterocycles. The second-order valence-corrected chi connectivity index (χ2v) is 7.68. The number of carbonyl (C=O) groups excluding carboxylic acids is 1. The fraction of sp³-hybridized carbons (Fsp3) is 0.810. The lowest BCUT2D eigenvalue weighted by atomic mass is 9.82. The monoisotopic (exact) mass is 355 g/mol. The predicted octanol–water partition coefficient (Wildman–Crippen LogP) is 5.24. The van der Waals surface area contributed by atoms with E-state index in [0.29, 0.717) is 31.0 Å². The molecule has 1 amide bonds. The van der Waals surface area contributed by atoms with E-state index in [-0.39, 0.29) is 17.2 Å². The van der Waals surface area contributed by atoms with Crippen molar-refractivity contribution >= 4 is 11.9 Å². The molecule has 1 aliphatic rings. The summed E-state index contributed by atoms with van der Waals surface area (Å²) < 4.78 is 0. The Balaban J connectivity index is 0. The first kappa shape index (κ1) is 25.9. The van der Waals surface area contributed by atoms with E-state index in [1.807, 2.05) is 40.7 Å². The van der Waals surface area contributed by atoms with Crippen LogP contribution in [0.25, 0.3) is 0 Å². The van der Waals surface area contributed by atoms with Crippen molar-refractivity contribution in [2.75, 3.05) is 13.1 Å². The molecule has 0 spiro atoms. The highest BCUT2D eigenvalue weighted by atomic mass is 16.4. The second kappa shape index (κ2) is 12.1. The van der Waals surface area contributed by atoms with Crippen LogP contribution in [0.3, 0.4) is 0 Å². The normalized spacial score (nSPS) is 20.9. The van der Waals surface area contributed by atoms with Gasteiger partial charge in [-0.25, -0.2) is 0 Å². The standard InChI is InChI=1S/C17H29NO3.2C2H6/c1-11(2)13-7-14(16(20)21)10-18(9-13)15(19)12(3)8-17(4,5)6;2*1-2/h8,11,13-14H,7,9-10H2,1-6H3,(H,20,21);2*1-2H3/b12-8+;;. The molecule has 0 aromatic heterocycles. The lowest BCUT2D eigenvalue weighted by Gasteiger charge is -2.38. The Labute approximate surface area is 155 Å². The maximum absolute atomic E-state index is 12.6. The summed E-state index contributed by atoms with van der Waals surface area (Å²) in [6.07, 6.45) is 2.63. The van der Waals surface area contributed by atoms with Gasteiger partial charge >= 0.3 is 5.97 Å². The summed E-state index contributed by atoms with van der Waals surface area (Å²) in [4.78, 5) is 25.6. The second-order valence-electron chi connectivity index (χ2n) is 7.68. The van der Waals surface area contributed by atoms with Gasteiger partial charge < -0.3 is 10.0 Å². The minimum Gasteiger partial charge on any atom is -0.481 e. The van der Waals surface area contributed by atoms with Gasteiger partial charge in [0.15, 0.2) is 0 Å². The number of carboxylic acids is 1. The van der Waals surface area contributed by atoms with Gasteiger partial charge in [0.25, 0.3) is 0 Å². The van der Waals surface area contributed by atoms with Gasteiger partial charge in [-0.2, -0.15) is 0 Å². The van der Waals surface area contributed by atoms with Gasteiger partial charge in [-0.05, 0) is 30.6 Å². The molecule has 4 heteroatoms. The van der Waals surface area contributed by atoms with Crippen LogP contribution < -0.4 is 0 Å². The average Bonchev–Trinajstić information content (AvgIpc) is 2.55. The van der Waals surface area contributed by atoms with Crippen LogP contribution in [0.5, 0.6) is 0 Å². The molecule has 4 nitrogen and oxygen atoms in total. The van der Waals surface area contributed by atoms with Crippen molar-refractivity contribution < 1.29 is 14.7 Å². The van der Waals surface area contributed by atoms with Gasteiger partial charge in [-0.1, -0.05) is 68.4 Å². The van der Waals surface area contributed by atoms with Crippen LogP contribution in [0.1, 0.15) is 75.7 Å². The summed E-state index contributed by atoms with van der Waals surface area (Å²) in [5.74, 6) is -0.629. The predicted molar refractivity (Wildman–Crippen MR) is 107 cm³/mol. The van der Waals surface area contributed by atoms with E-state index in [1.54, 1.807) is 4.90 Å². The topological polar surface area (TPSA) is 57.6 Å². The molecule has 25 heavy (non-hydrogen) atoms. The third kappa shape index (κ3) is 9.66. The highest BCUT2D eigenvalue weighted by molar-refractivity contribution is 5.93. The molecule has 0 aliphatic carbocycles. The van der Waals surface area contributed by atoms with Crippen LogP contribution in [-0.2, 0) is 9.59 Å². The number of nitrogens with zero attached hydrogens (tertiary/aromatic N) is 1. The van der Waals surface area contributed by atoms with E-state index in [1.165, 1.54) is 0 Å². The molecule has 1 saturated heterocycles. The summed E-state index contributed by atoms with van der Waals surface area (Å²) in [7, 11) is 0. The molecule has 0 aromatic rings. The Bertz CT molecular complexity index is 433. The summed E-state index contributed by atoms with van der Waals surface area (Å²) >= 11 is 0. The highest BCUT2D eigenvalue weighted by Crippen LogP contribution is 2.29. The van der Waals surface area contributed by atoms with Gasteiger partial charge in [-0.3, -0.25) is 9.59 Å². The van der Waals surface area contributed by atoms with E-state index in [2.05, 4.69) is 34.6 Å². The molecule has 1 N–H and O–H groups in total. The number of hydrogen-bond donors (Lipinski definition) is 1. The number of amides is 1. The van der Waals surface area contributed by atoms with Crippen molar-refractivity contribution in [1.82, 2.24) is 4.90 Å². The van der Waals surface area contributed by atoms with Crippen LogP contribution in [-0.4, -0.2) is 35.0 Å². The minimum absolute atomic E-state index is 0.0264. The zero-order valence-corrected chi connectivity index (χ0v) is 18.1. The van der Waals surface area contributed by atoms with E-state index in [0.717, 1.165) is 0 Å². The number of piperidine rings is 1. The first-order valence-corrected chi connectivity index (χ1v) is 9.72. The third-order valence-electron chi connectivity index (χ3n) is 4.05. The Morgan fingerprint density at radius 3 is 1.92 bits per heavy atom. The lowest BCUT2D eigenvalue weighted by Crippen LogP contribution is -2.47. The molecule has 1 aliphatic heterocycles. The van der Waals surface area contributed by atoms with Crippen LogP contribution in [0.2, 0.25) is 0 Å². The fourth-order valence-corrected chi connectivity index (χ4v) is 2.93. The number of allylic oxidation sites excluding steroid dienone is 1. The molecular formula is C21H41NO3. The number of hydrogen-bond acceptors (Lipinski definition) is 2. The van der Waals surface area contributed by atoms with Crippen molar-refractivity contribution in [3.05, 3.63) is 11.6 Å². The number of likely N-dealkylation sites (tertiary alicyclic amines) is 1. The van der Waals surface area contributed by atoms with Crippen molar-refractivity contribution in [3.8, 4) is 0 Å². The summed E-state index contributed by atoms with van der Waals surface area (Å²) in [5.41, 5.74) is 0.648. The Morgan fingerprint density at radius 1 is 1.08 bits per heavy atom. The summed E-state index contributed by atoms with van der Waals surface area (Å²) in [6, 6.07) is 0. The summed E-state index contributed by atoms with van der Waals surface area (Å²) in [6.45, 7) is 21.2. The molecule has 1 rings (SSSR count). The van der Waals surface area contributed by atoms with E-state index < -0.39 is 11.9 Å². The molecule has 2 unspecified atom stereocenters. The lowest BCUT2D eigenvalue weighted by molar-refractivity contribution is -0.146. The number of carboxylic acid groups (broad SMARTS) is 1. The first-order chi connectivity index (χ1) is 11.5. The Kier molecular flexibility index (Phi) is 12.5. The van der Waals surface area contributed by atoms with E-state index >= 15 is 0 Å². The van der Waals surface area contributed by atoms with Crippen molar-refractivity contribution in [1.29, 1.82) is 0 Å². The maximum Gasteiger partial charge on any atom is 0.308 e. The molecule has 1 fully saturated rings. The van der Waals surface area contributed by atoms with Crippen LogP contribution in [0, 0.1) is 23.2 Å². The molecule has 2 atom stereocenters. The molecular weight excluding hydrogens is 314 g/mol. The van der Waals surface area contributed by atoms with Crippen molar-refractivity contribution in [3.63, 3.8) is 0 Å². The van der Waals surface area contributed by atoms with Crippen LogP contribution in [0.15, 0.2) is 11.6 Å². The average molecular weight is 356 g/mol. The summed E-state index contributed by atoms with van der Waals surface area (Å²) in [5, 5.41) is 9.31. The van der Waals surface area contributed by atoms with Crippen LogP contribution >= 0.6 is 0 Å². The van der Waals surface area contributed by atoms with Gasteiger partial charge in [0.05, 0.1) is 5.92 Å². The van der Waals surface area contributed by atoms with E-state index in [4.69, 9.17) is 0 Å². The molecule has 148 valence electrons. The quantitative estimate of drug-likeness (QED) is 0.705. The van der Waals surface area contributed by atoms with Gasteiger partial charge in [0.2, 0.25) is 5.91 Å². The van der Waals surface area contributed by atoms with Gasteiger partial charge in [0, 0.05) is 18.7 Å². The molecule has 0 bridgehead atoms. The molecule has 0 aromatic carbocycles. The first-order valence-electron chi connectivity index (χ1n) is 9.72. The van der Waals surface area contributed by atoms with Crippen LogP contribution in [0.4, 0.5) is 0 Å². The SMILES string of the molecule is C/C(=C\C(C)(C)C)C(=O)N1CC(C(=O)O)CC(C(C)C)C1.CC.CC. The Morgan fingerprint density at radius 2 is 1.56 bits per heavy atom. The number of aliphatic carboxylic acids is 1. The van der Waals surface area contributed by atoms with Crippen molar-refractivity contribution in [2.45, 2.75) is 75.7 Å². The van der Waals surface area contributed by atoms with Crippen molar-refractivity contribution in [2.24, 2.45) is 23.2 Å². The third-order valence-corrected chi connectivity index (χ3v) is 4.05. The fourth-order valence-electron chi connectivity index (χ4n) is 2.93. The largest absolute Gasteiger partial charge is 0.481 e. The van der Waals surface area contributed by atoms with Gasteiger partial charge in [-0.15, -0.1) is 0 Å². The zero-order chi connectivity index (χ0) is 20.4. The molecule has 0 saturated carbocycles. The smallest absolute Gasteiger partial charge is 0.308 e. The van der Waals surface area contributed by atoms with E-state index in [9.17, 15) is 14.7 Å². The highest BCUT2D eigenvalue weighted by Gasteiger charge is 2.35. The maximum atomic E-state index is 12.6. The van der Waals surface area contributed by atoms with Gasteiger partial charge in [0.1, 0.15) is 0 Å². The number of rotatable bonds is 3. The Hall–Kier alpha value is -1.32. The minimum atomic E-state index is -0.796.